The number of nitrogens with one attached hydrogen (secondary N) is 1. The standard InChI is InChI=1S/C25H16N2O9/c28-13-2-5-17-19(10-13)34-20-11-14(29)3-6-18(20)25(17)16-4-1-12(9-15(16)23(32)35-25)26-24(33)36-27-21(30)7-8-22(27)31/h1-6,9-11,28-29H,7-8H2,(H,26,33). The fourth-order valence-corrected chi connectivity index (χ4v) is 4.66. The maximum atomic E-state index is 13.1. The lowest BCUT2D eigenvalue weighted by molar-refractivity contribution is -0.170. The first-order valence-electron chi connectivity index (χ1n) is 10.8. The lowest BCUT2D eigenvalue weighted by Gasteiger charge is -2.36. The number of hydrogen-bond donors (Lipinski definition) is 3. The lowest BCUT2D eigenvalue weighted by Crippen LogP contribution is -2.34. The molecule has 3 aromatic rings. The number of carbonyl (C=O) groups excluding carboxylic acids is 4. The van der Waals surface area contributed by atoms with E-state index in [0.717, 1.165) is 0 Å². The summed E-state index contributed by atoms with van der Waals surface area (Å²) in [5.41, 5.74) is 0.216. The number of phenolic OH excluding ortho intramolecular Hbond substituents is 2. The Morgan fingerprint density at radius 3 is 2.06 bits per heavy atom. The number of phenols is 2. The molecule has 3 aromatic carbocycles. The average Bonchev–Trinajstić information content (AvgIpc) is 3.30. The van der Waals surface area contributed by atoms with Gasteiger partial charge in [0.1, 0.15) is 23.0 Å². The van der Waals surface area contributed by atoms with Crippen molar-refractivity contribution < 1.29 is 43.7 Å². The predicted octanol–water partition coefficient (Wildman–Crippen LogP) is 3.28. The molecule has 1 fully saturated rings. The molecule has 3 aliphatic heterocycles. The van der Waals surface area contributed by atoms with E-state index in [9.17, 15) is 29.4 Å². The van der Waals surface area contributed by atoms with Gasteiger partial charge in [-0.1, -0.05) is 6.07 Å². The predicted molar refractivity (Wildman–Crippen MR) is 119 cm³/mol. The van der Waals surface area contributed by atoms with Gasteiger partial charge in [-0.15, -0.1) is 5.06 Å². The molecular formula is C25H16N2O9. The van der Waals surface area contributed by atoms with Crippen LogP contribution in [-0.4, -0.2) is 39.2 Å². The Labute approximate surface area is 202 Å². The number of hydrogen-bond acceptors (Lipinski definition) is 9. The highest BCUT2D eigenvalue weighted by atomic mass is 16.7. The molecule has 0 aliphatic carbocycles. The van der Waals surface area contributed by atoms with Gasteiger partial charge in [0.05, 0.1) is 5.56 Å². The van der Waals surface area contributed by atoms with Crippen molar-refractivity contribution in [2.75, 3.05) is 5.32 Å². The van der Waals surface area contributed by atoms with Crippen LogP contribution in [0.1, 0.15) is 39.9 Å². The molecule has 3 amide bonds. The second kappa shape index (κ2) is 7.47. The van der Waals surface area contributed by atoms with Gasteiger partial charge in [0.2, 0.25) is 0 Å². The van der Waals surface area contributed by atoms with Crippen LogP contribution in [0.4, 0.5) is 10.5 Å². The number of benzene rings is 3. The number of ether oxygens (including phenoxy) is 2. The monoisotopic (exact) mass is 488 g/mol. The SMILES string of the molecule is O=C(Nc1ccc2c(c1)C(=O)OC21c2ccc(O)cc2Oc2cc(O)ccc21)ON1C(=O)CCC1=O. The number of amides is 3. The molecule has 11 nitrogen and oxygen atoms in total. The third-order valence-corrected chi connectivity index (χ3v) is 6.20. The molecule has 3 N–H and O–H groups in total. The van der Waals surface area contributed by atoms with E-state index in [1.807, 2.05) is 0 Å². The number of imide groups is 1. The molecule has 0 saturated carbocycles. The molecule has 3 aliphatic rings. The zero-order valence-electron chi connectivity index (χ0n) is 18.3. The minimum Gasteiger partial charge on any atom is -0.508 e. The smallest absolute Gasteiger partial charge is 0.436 e. The van der Waals surface area contributed by atoms with E-state index in [0.29, 0.717) is 21.8 Å². The molecule has 0 aromatic heterocycles. The van der Waals surface area contributed by atoms with E-state index in [2.05, 4.69) is 5.32 Å². The third kappa shape index (κ3) is 3.06. The summed E-state index contributed by atoms with van der Waals surface area (Å²) < 4.78 is 11.9. The maximum absolute atomic E-state index is 13.1. The van der Waals surface area contributed by atoms with Crippen molar-refractivity contribution in [3.05, 3.63) is 76.9 Å². The number of aromatic hydroxyl groups is 2. The van der Waals surface area contributed by atoms with Gasteiger partial charge in [0.15, 0.2) is 5.60 Å². The van der Waals surface area contributed by atoms with Crippen molar-refractivity contribution in [1.82, 2.24) is 5.06 Å². The quantitative estimate of drug-likeness (QED) is 0.364. The van der Waals surface area contributed by atoms with E-state index in [1.165, 1.54) is 36.4 Å². The highest BCUT2D eigenvalue weighted by Gasteiger charge is 2.53. The number of anilines is 1. The van der Waals surface area contributed by atoms with Crippen LogP contribution >= 0.6 is 0 Å². The summed E-state index contributed by atoms with van der Waals surface area (Å²) in [7, 11) is 0. The number of esters is 1. The average molecular weight is 488 g/mol. The van der Waals surface area contributed by atoms with Gasteiger partial charge in [0, 0.05) is 47.4 Å². The summed E-state index contributed by atoms with van der Waals surface area (Å²) in [4.78, 5) is 53.5. The highest BCUT2D eigenvalue weighted by molar-refractivity contribution is 6.02. The van der Waals surface area contributed by atoms with Crippen molar-refractivity contribution in [3.8, 4) is 23.0 Å². The van der Waals surface area contributed by atoms with Gasteiger partial charge in [-0.05, 0) is 36.4 Å². The van der Waals surface area contributed by atoms with Crippen LogP contribution < -0.4 is 10.1 Å². The minimum absolute atomic E-state index is 0.0406. The van der Waals surface area contributed by atoms with Gasteiger partial charge in [-0.25, -0.2) is 9.59 Å². The van der Waals surface area contributed by atoms with Crippen molar-refractivity contribution in [1.29, 1.82) is 0 Å². The topological polar surface area (TPSA) is 152 Å². The fraction of sp³-hybridized carbons (Fsp3) is 0.120. The molecule has 0 bridgehead atoms. The van der Waals surface area contributed by atoms with Crippen LogP contribution in [0.15, 0.2) is 54.6 Å². The number of carbonyl (C=O) groups is 4. The highest BCUT2D eigenvalue weighted by Crippen LogP contribution is 2.57. The van der Waals surface area contributed by atoms with E-state index in [1.54, 1.807) is 18.2 Å². The van der Waals surface area contributed by atoms with Gasteiger partial charge >= 0.3 is 12.1 Å². The Morgan fingerprint density at radius 1 is 0.861 bits per heavy atom. The van der Waals surface area contributed by atoms with E-state index < -0.39 is 29.5 Å². The number of hydroxylamine groups is 2. The fourth-order valence-electron chi connectivity index (χ4n) is 4.66. The Hall–Kier alpha value is -5.06. The Morgan fingerprint density at radius 2 is 1.44 bits per heavy atom. The Bertz CT molecular complexity index is 1450. The maximum Gasteiger partial charge on any atom is 0.436 e. The van der Waals surface area contributed by atoms with Crippen molar-refractivity contribution in [2.24, 2.45) is 0 Å². The molecule has 1 saturated heterocycles. The molecule has 0 atom stereocenters. The molecule has 11 heteroatoms. The zero-order chi connectivity index (χ0) is 25.2. The summed E-state index contributed by atoms with van der Waals surface area (Å²) in [5.74, 6) is -1.59. The molecular weight excluding hydrogens is 472 g/mol. The first-order chi connectivity index (χ1) is 17.3. The molecule has 0 unspecified atom stereocenters. The lowest BCUT2D eigenvalue weighted by atomic mass is 9.77. The normalized spacial score (nSPS) is 16.7. The molecule has 1 spiro atoms. The van der Waals surface area contributed by atoms with Crippen molar-refractivity contribution >= 4 is 29.6 Å². The molecule has 3 heterocycles. The third-order valence-electron chi connectivity index (χ3n) is 6.20. The summed E-state index contributed by atoms with van der Waals surface area (Å²) in [6.45, 7) is 0. The minimum atomic E-state index is -1.44. The molecule has 36 heavy (non-hydrogen) atoms. The van der Waals surface area contributed by atoms with E-state index in [4.69, 9.17) is 14.3 Å². The molecule has 6 rings (SSSR count). The summed E-state index contributed by atoms with van der Waals surface area (Å²) in [6, 6.07) is 13.3. The Kier molecular flexibility index (Phi) is 4.46. The zero-order valence-corrected chi connectivity index (χ0v) is 18.3. The van der Waals surface area contributed by atoms with Crippen molar-refractivity contribution in [3.63, 3.8) is 0 Å². The molecule has 0 radical (unpaired) electrons. The van der Waals surface area contributed by atoms with Crippen LogP contribution in [0.25, 0.3) is 0 Å². The second-order valence-corrected chi connectivity index (χ2v) is 8.38. The Balaban J connectivity index is 1.40. The largest absolute Gasteiger partial charge is 0.508 e. The van der Waals surface area contributed by atoms with E-state index in [-0.39, 0.29) is 47.1 Å². The number of rotatable bonds is 2. The summed E-state index contributed by atoms with van der Waals surface area (Å²) >= 11 is 0. The van der Waals surface area contributed by atoms with Crippen LogP contribution in [0.5, 0.6) is 23.0 Å². The summed E-state index contributed by atoms with van der Waals surface area (Å²) in [5, 5.41) is 22.8. The first-order valence-corrected chi connectivity index (χ1v) is 10.8. The van der Waals surface area contributed by atoms with Crippen LogP contribution in [0.3, 0.4) is 0 Å². The van der Waals surface area contributed by atoms with Crippen molar-refractivity contribution in [2.45, 2.75) is 18.4 Å². The number of nitrogens with zero attached hydrogens (tertiary/aromatic N) is 1. The van der Waals surface area contributed by atoms with Gasteiger partial charge in [0.25, 0.3) is 11.8 Å². The first kappa shape index (κ1) is 21.5. The number of fused-ring (bicyclic) bond motifs is 6. The van der Waals surface area contributed by atoms with Gasteiger partial charge in [-0.2, -0.15) is 0 Å². The van der Waals surface area contributed by atoms with Gasteiger partial charge < -0.3 is 24.5 Å². The van der Waals surface area contributed by atoms with Crippen LogP contribution in [0.2, 0.25) is 0 Å². The van der Waals surface area contributed by atoms with E-state index >= 15 is 0 Å². The van der Waals surface area contributed by atoms with Crippen LogP contribution in [-0.2, 0) is 24.8 Å². The van der Waals surface area contributed by atoms with Crippen LogP contribution in [0, 0.1) is 0 Å². The van der Waals surface area contributed by atoms with Gasteiger partial charge in [-0.3, -0.25) is 14.9 Å². The summed E-state index contributed by atoms with van der Waals surface area (Å²) in [6.07, 6.45) is -1.16. The molecule has 180 valence electrons. The second-order valence-electron chi connectivity index (χ2n) is 8.38.